The Morgan fingerprint density at radius 3 is 2.38 bits per heavy atom. The van der Waals surface area contributed by atoms with Crippen LogP contribution in [-0.4, -0.2) is 110 Å². The van der Waals surface area contributed by atoms with Crippen molar-refractivity contribution in [2.45, 2.75) is 45.1 Å². The summed E-state index contributed by atoms with van der Waals surface area (Å²) in [4.78, 5) is 83.8. The van der Waals surface area contributed by atoms with E-state index in [0.29, 0.717) is 73.0 Å². The minimum absolute atomic E-state index is 0.0436. The van der Waals surface area contributed by atoms with E-state index >= 15 is 4.39 Å². The molecule has 6 amide bonds. The summed E-state index contributed by atoms with van der Waals surface area (Å²) < 4.78 is 31.8. The van der Waals surface area contributed by atoms with E-state index in [1.165, 1.54) is 30.8 Å². The number of ether oxygens (including phenoxy) is 3. The summed E-state index contributed by atoms with van der Waals surface area (Å²) in [7, 11) is 0. The van der Waals surface area contributed by atoms with Crippen LogP contribution < -0.4 is 32.7 Å². The van der Waals surface area contributed by atoms with Crippen molar-refractivity contribution >= 4 is 64.8 Å². The monoisotopic (exact) mass is 827 g/mol. The summed E-state index contributed by atoms with van der Waals surface area (Å²) in [6.07, 6.45) is 6.68. The molecule has 0 spiro atoms. The van der Waals surface area contributed by atoms with Crippen LogP contribution in [0.2, 0.25) is 0 Å². The average molecular weight is 828 g/mol. The summed E-state index contributed by atoms with van der Waals surface area (Å²) in [5.74, 6) is -3.31. The first-order chi connectivity index (χ1) is 28.9. The van der Waals surface area contributed by atoms with Gasteiger partial charge in [-0.1, -0.05) is 6.07 Å². The third kappa shape index (κ3) is 10.2. The number of nitrogens with one attached hydrogen (secondary N) is 4. The summed E-state index contributed by atoms with van der Waals surface area (Å²) in [5, 5.41) is 10.6. The topological polar surface area (TPSA) is 259 Å². The predicted molar refractivity (Wildman–Crippen MR) is 217 cm³/mol. The minimum atomic E-state index is -1.04. The van der Waals surface area contributed by atoms with Crippen molar-refractivity contribution in [3.8, 4) is 11.1 Å². The van der Waals surface area contributed by atoms with Gasteiger partial charge in [0, 0.05) is 67.1 Å². The highest BCUT2D eigenvalue weighted by Gasteiger charge is 2.45. The molecule has 3 aliphatic heterocycles. The van der Waals surface area contributed by atoms with Crippen molar-refractivity contribution in [1.82, 2.24) is 25.8 Å². The average Bonchev–Trinajstić information content (AvgIpc) is 3.44. The molecule has 6 rings (SSSR count). The number of halogens is 1. The number of nitrogens with zero attached hydrogens (tertiary/aromatic N) is 3. The van der Waals surface area contributed by atoms with Crippen LogP contribution in [0.3, 0.4) is 0 Å². The van der Waals surface area contributed by atoms with Crippen molar-refractivity contribution in [3.05, 3.63) is 76.1 Å². The van der Waals surface area contributed by atoms with Gasteiger partial charge in [0.05, 0.1) is 62.7 Å². The van der Waals surface area contributed by atoms with E-state index in [-0.39, 0.29) is 85.5 Å². The predicted octanol–water partition coefficient (Wildman–Crippen LogP) is 2.07. The Balaban J connectivity index is 0.785. The Labute approximate surface area is 344 Å². The van der Waals surface area contributed by atoms with E-state index in [0.717, 1.165) is 4.90 Å². The molecule has 0 aliphatic carbocycles. The van der Waals surface area contributed by atoms with Gasteiger partial charge >= 0.3 is 0 Å². The van der Waals surface area contributed by atoms with Crippen LogP contribution in [0.1, 0.15) is 69.5 Å². The standard InChI is InChI=1S/C41H46FN9O9/c1-23-27(20-45-22-29(23)43)26-18-24(28-21-48-38(28)37(26)42)19-32(44)49-34(53)7-3-6-33(52)47-11-13-59-15-17-60-16-14-58-12-10-46-30-5-2-4-25-36(30)41(57)51(40(25)56)31-8-9-35(54)50-39(31)55/h2,4-5,18-22,31,46H,3,6-17,43-44H2,1H3,(H,47,52)(H,49,53)(H,50,54,55)/b32-19+. The Kier molecular flexibility index (Phi) is 14.3. The van der Waals surface area contributed by atoms with Crippen molar-refractivity contribution in [2.75, 3.05) is 63.8 Å². The number of nitrogen functional groups attached to an aromatic ring is 1. The number of aromatic nitrogens is 1. The number of nitrogens with two attached hydrogens (primary N) is 2. The minimum Gasteiger partial charge on any atom is -0.397 e. The highest BCUT2D eigenvalue weighted by Crippen LogP contribution is 2.40. The number of carbonyl (C=O) groups is 6. The number of hydrogen-bond donors (Lipinski definition) is 6. The largest absolute Gasteiger partial charge is 0.397 e. The normalized spacial score (nSPS) is 15.7. The van der Waals surface area contributed by atoms with E-state index in [2.05, 4.69) is 31.2 Å². The maximum Gasteiger partial charge on any atom is 0.264 e. The maximum atomic E-state index is 15.2. The zero-order valence-electron chi connectivity index (χ0n) is 32.9. The third-order valence-corrected chi connectivity index (χ3v) is 9.92. The van der Waals surface area contributed by atoms with E-state index < -0.39 is 35.5 Å². The summed E-state index contributed by atoms with van der Waals surface area (Å²) in [5.41, 5.74) is 16.1. The number of fused-ring (bicyclic) bond motifs is 2. The molecule has 1 unspecified atom stereocenters. The molecule has 3 aromatic rings. The second-order valence-corrected chi connectivity index (χ2v) is 14.0. The lowest BCUT2D eigenvalue weighted by Crippen LogP contribution is -2.54. The number of carbonyl (C=O) groups excluding carboxylic acids is 6. The van der Waals surface area contributed by atoms with Gasteiger partial charge in [-0.3, -0.25) is 49.0 Å². The SMILES string of the molecule is Cc1c(N)cncc1-c1cc(/C=C(\N)NC(=O)CCCC(=O)NCCOCCOCCOCCNc2cccc3c2C(=O)N(C2CCC(=O)NC2=O)C3=O)c2c(c1F)N=C2. The first-order valence-corrected chi connectivity index (χ1v) is 19.4. The second kappa shape index (κ2) is 19.9. The fraction of sp³-hybridized carbons (Fsp3) is 0.366. The van der Waals surface area contributed by atoms with Gasteiger partial charge in [0.15, 0.2) is 5.82 Å². The molecule has 1 atom stereocenters. The van der Waals surface area contributed by atoms with Crippen molar-refractivity contribution < 1.29 is 47.4 Å². The van der Waals surface area contributed by atoms with Gasteiger partial charge in [-0.2, -0.15) is 0 Å². The highest BCUT2D eigenvalue weighted by atomic mass is 19.1. The van der Waals surface area contributed by atoms with Crippen LogP contribution in [0.15, 0.2) is 47.5 Å². The van der Waals surface area contributed by atoms with Crippen molar-refractivity contribution in [2.24, 2.45) is 10.7 Å². The van der Waals surface area contributed by atoms with Gasteiger partial charge in [-0.25, -0.2) is 4.39 Å². The molecule has 2 aromatic carbocycles. The number of benzene rings is 2. The molecule has 60 heavy (non-hydrogen) atoms. The molecule has 3 aliphatic rings. The van der Waals surface area contributed by atoms with E-state index in [9.17, 15) is 28.8 Å². The van der Waals surface area contributed by atoms with Crippen LogP contribution in [0.4, 0.5) is 21.5 Å². The molecule has 1 saturated heterocycles. The van der Waals surface area contributed by atoms with Gasteiger partial charge in [0.2, 0.25) is 23.6 Å². The Morgan fingerprint density at radius 2 is 1.67 bits per heavy atom. The first-order valence-electron chi connectivity index (χ1n) is 19.4. The number of aliphatic imine (C=N–C) groups is 1. The van der Waals surface area contributed by atoms with Gasteiger partial charge in [0.1, 0.15) is 17.6 Å². The molecule has 18 nitrogen and oxygen atoms in total. The molecule has 0 saturated carbocycles. The Morgan fingerprint density at radius 1 is 0.950 bits per heavy atom. The van der Waals surface area contributed by atoms with Crippen LogP contribution in [0.5, 0.6) is 0 Å². The number of rotatable bonds is 21. The molecule has 1 fully saturated rings. The lowest BCUT2D eigenvalue weighted by molar-refractivity contribution is -0.136. The molecule has 8 N–H and O–H groups in total. The molecular weight excluding hydrogens is 782 g/mol. The quantitative estimate of drug-likeness (QED) is 0.0520. The number of imide groups is 2. The third-order valence-electron chi connectivity index (χ3n) is 9.92. The van der Waals surface area contributed by atoms with Crippen LogP contribution >= 0.6 is 0 Å². The summed E-state index contributed by atoms with van der Waals surface area (Å²) >= 11 is 0. The summed E-state index contributed by atoms with van der Waals surface area (Å²) in [6, 6.07) is 5.41. The first kappa shape index (κ1) is 43.0. The molecule has 4 heterocycles. The zero-order chi connectivity index (χ0) is 42.8. The maximum absolute atomic E-state index is 15.2. The Hall–Kier alpha value is -6.57. The fourth-order valence-electron chi connectivity index (χ4n) is 6.78. The zero-order valence-corrected chi connectivity index (χ0v) is 32.9. The number of anilines is 2. The summed E-state index contributed by atoms with van der Waals surface area (Å²) in [6.45, 7) is 4.21. The fourth-order valence-corrected chi connectivity index (χ4v) is 6.78. The van der Waals surface area contributed by atoms with Gasteiger partial charge in [0.25, 0.3) is 11.8 Å². The van der Waals surface area contributed by atoms with Gasteiger partial charge in [-0.15, -0.1) is 0 Å². The van der Waals surface area contributed by atoms with Gasteiger partial charge < -0.3 is 41.6 Å². The molecule has 19 heteroatoms. The smallest absolute Gasteiger partial charge is 0.264 e. The van der Waals surface area contributed by atoms with Crippen LogP contribution in [-0.2, 0) is 33.4 Å². The molecule has 0 bridgehead atoms. The van der Waals surface area contributed by atoms with E-state index in [1.807, 2.05) is 0 Å². The van der Waals surface area contributed by atoms with Gasteiger partial charge in [-0.05, 0) is 55.2 Å². The number of hydrogen-bond acceptors (Lipinski definition) is 14. The van der Waals surface area contributed by atoms with E-state index in [1.54, 1.807) is 25.1 Å². The molecule has 0 radical (unpaired) electrons. The van der Waals surface area contributed by atoms with E-state index in [4.69, 9.17) is 25.7 Å². The Bertz CT molecular complexity index is 2250. The lowest BCUT2D eigenvalue weighted by Gasteiger charge is -2.27. The van der Waals surface area contributed by atoms with Crippen LogP contribution in [0, 0.1) is 12.7 Å². The lowest BCUT2D eigenvalue weighted by atomic mass is 9.93. The number of pyridine rings is 1. The second-order valence-electron chi connectivity index (χ2n) is 14.0. The van der Waals surface area contributed by atoms with Crippen molar-refractivity contribution in [1.29, 1.82) is 0 Å². The van der Waals surface area contributed by atoms with Crippen LogP contribution in [0.25, 0.3) is 17.2 Å². The molecular formula is C41H46FN9O9. The highest BCUT2D eigenvalue weighted by molar-refractivity contribution is 6.25. The molecule has 316 valence electrons. The van der Waals surface area contributed by atoms with Crippen molar-refractivity contribution in [3.63, 3.8) is 0 Å². The number of piperidine rings is 1. The molecule has 1 aromatic heterocycles. The number of amides is 6.